The lowest BCUT2D eigenvalue weighted by atomic mass is 9.85. The van der Waals surface area contributed by atoms with Crippen LogP contribution in [0.2, 0.25) is 0 Å². The van der Waals surface area contributed by atoms with Crippen LogP contribution in [-0.2, 0) is 20.9 Å². The number of rotatable bonds is 6. The molecule has 1 aromatic carbocycles. The van der Waals surface area contributed by atoms with E-state index < -0.39 is 29.7 Å². The van der Waals surface area contributed by atoms with Gasteiger partial charge in [-0.1, -0.05) is 30.3 Å². The third-order valence-corrected chi connectivity index (χ3v) is 5.35. The van der Waals surface area contributed by atoms with Crippen molar-refractivity contribution in [3.8, 4) is 0 Å². The van der Waals surface area contributed by atoms with Crippen molar-refractivity contribution in [2.24, 2.45) is 0 Å². The number of hydrogen-bond donors (Lipinski definition) is 3. The van der Waals surface area contributed by atoms with E-state index in [1.54, 1.807) is 6.92 Å². The predicted molar refractivity (Wildman–Crippen MR) is 101 cm³/mol. The van der Waals surface area contributed by atoms with Crippen molar-refractivity contribution < 1.29 is 24.2 Å². The molecule has 28 heavy (non-hydrogen) atoms. The van der Waals surface area contributed by atoms with Crippen molar-refractivity contribution >= 4 is 17.9 Å². The normalized spacial score (nSPS) is 24.2. The monoisotopic (exact) mass is 390 g/mol. The smallest absolute Gasteiger partial charge is 0.405 e. The van der Waals surface area contributed by atoms with Crippen LogP contribution in [0, 0.1) is 0 Å². The first-order valence-electron chi connectivity index (χ1n) is 9.27. The Bertz CT molecular complexity index is 743. The van der Waals surface area contributed by atoms with E-state index in [0.717, 1.165) is 5.56 Å². The maximum absolute atomic E-state index is 13.3. The molecule has 0 aromatic heterocycles. The van der Waals surface area contributed by atoms with Gasteiger partial charge >= 0.3 is 6.09 Å². The van der Waals surface area contributed by atoms with Gasteiger partial charge in [0.1, 0.15) is 6.04 Å². The SMILES string of the molecule is CC(OCc1ccccc1)C(NC(=O)O)C(=O)N1CCN(C)CC12CNC2=O. The number of hydrogen-bond acceptors (Lipinski definition) is 5. The second kappa shape index (κ2) is 8.15. The molecule has 2 fully saturated rings. The number of piperazine rings is 1. The predicted octanol–water partition coefficient (Wildman–Crippen LogP) is -0.129. The molecule has 0 saturated carbocycles. The number of β-lactam (4-membered cyclic amide) rings is 1. The van der Waals surface area contributed by atoms with Crippen LogP contribution < -0.4 is 10.6 Å². The molecule has 2 saturated heterocycles. The van der Waals surface area contributed by atoms with Crippen LogP contribution >= 0.6 is 0 Å². The van der Waals surface area contributed by atoms with Crippen molar-refractivity contribution in [3.63, 3.8) is 0 Å². The fraction of sp³-hybridized carbons (Fsp3) is 0.526. The average Bonchev–Trinajstić information content (AvgIpc) is 2.69. The summed E-state index contributed by atoms with van der Waals surface area (Å²) in [5.41, 5.74) is -0.0212. The standard InChI is InChI=1S/C19H26N4O5/c1-13(28-10-14-6-4-3-5-7-14)15(21-18(26)27)16(24)23-9-8-22(2)12-19(23)11-20-17(19)25/h3-7,13,15,21H,8-12H2,1-2H3,(H,20,25)(H,26,27). The molecule has 3 N–H and O–H groups in total. The Morgan fingerprint density at radius 2 is 2.04 bits per heavy atom. The summed E-state index contributed by atoms with van der Waals surface area (Å²) in [6.45, 7) is 3.66. The first-order chi connectivity index (χ1) is 13.3. The summed E-state index contributed by atoms with van der Waals surface area (Å²) < 4.78 is 5.79. The van der Waals surface area contributed by atoms with Gasteiger partial charge < -0.3 is 30.3 Å². The first kappa shape index (κ1) is 20.1. The second-order valence-electron chi connectivity index (χ2n) is 7.37. The number of nitrogens with one attached hydrogen (secondary N) is 2. The fourth-order valence-electron chi connectivity index (χ4n) is 3.71. The highest BCUT2D eigenvalue weighted by Gasteiger charge is 2.56. The zero-order chi connectivity index (χ0) is 20.3. The summed E-state index contributed by atoms with van der Waals surface area (Å²) in [4.78, 5) is 40.4. The molecule has 2 aliphatic heterocycles. The van der Waals surface area contributed by atoms with Gasteiger partial charge in [0.2, 0.25) is 11.8 Å². The van der Waals surface area contributed by atoms with Gasteiger partial charge in [-0.3, -0.25) is 9.59 Å². The third-order valence-electron chi connectivity index (χ3n) is 5.35. The lowest BCUT2D eigenvalue weighted by Gasteiger charge is -2.54. The number of benzene rings is 1. The highest BCUT2D eigenvalue weighted by molar-refractivity contribution is 5.98. The van der Waals surface area contributed by atoms with Gasteiger partial charge in [-0.15, -0.1) is 0 Å². The van der Waals surface area contributed by atoms with Gasteiger partial charge in [0.15, 0.2) is 5.54 Å². The number of nitrogens with zero attached hydrogens (tertiary/aromatic N) is 2. The van der Waals surface area contributed by atoms with E-state index in [-0.39, 0.29) is 12.5 Å². The Hall–Kier alpha value is -2.65. The average molecular weight is 390 g/mol. The van der Waals surface area contributed by atoms with E-state index >= 15 is 0 Å². The molecule has 3 amide bonds. The molecule has 9 nitrogen and oxygen atoms in total. The van der Waals surface area contributed by atoms with Gasteiger partial charge in [-0.2, -0.15) is 0 Å². The van der Waals surface area contributed by atoms with Gasteiger partial charge in [0, 0.05) is 19.6 Å². The van der Waals surface area contributed by atoms with Crippen LogP contribution in [0.1, 0.15) is 12.5 Å². The van der Waals surface area contributed by atoms with Crippen LogP contribution in [0.25, 0.3) is 0 Å². The lowest BCUT2D eigenvalue weighted by molar-refractivity contribution is -0.164. The maximum Gasteiger partial charge on any atom is 0.405 e. The summed E-state index contributed by atoms with van der Waals surface area (Å²) in [5.74, 6) is -0.648. The molecule has 2 aliphatic rings. The second-order valence-corrected chi connectivity index (χ2v) is 7.37. The van der Waals surface area contributed by atoms with Crippen LogP contribution in [0.5, 0.6) is 0 Å². The largest absolute Gasteiger partial charge is 0.465 e. The van der Waals surface area contributed by atoms with Gasteiger partial charge in [0.05, 0.1) is 19.3 Å². The van der Waals surface area contributed by atoms with Gasteiger partial charge in [0.25, 0.3) is 0 Å². The Morgan fingerprint density at radius 3 is 2.61 bits per heavy atom. The minimum atomic E-state index is -1.31. The number of carboxylic acid groups (broad SMARTS) is 1. The van der Waals surface area contributed by atoms with Crippen molar-refractivity contribution in [1.29, 1.82) is 0 Å². The molecule has 0 radical (unpaired) electrons. The lowest BCUT2D eigenvalue weighted by Crippen LogP contribution is -2.81. The molecule has 1 spiro atoms. The van der Waals surface area contributed by atoms with Crippen LogP contribution in [0.3, 0.4) is 0 Å². The number of carbonyl (C=O) groups excluding carboxylic acids is 2. The number of amides is 3. The van der Waals surface area contributed by atoms with E-state index in [1.807, 2.05) is 42.3 Å². The Labute approximate surface area is 163 Å². The first-order valence-corrected chi connectivity index (χ1v) is 9.27. The van der Waals surface area contributed by atoms with Crippen LogP contribution in [0.15, 0.2) is 30.3 Å². The molecule has 1 aromatic rings. The zero-order valence-electron chi connectivity index (χ0n) is 16.1. The van der Waals surface area contributed by atoms with E-state index in [2.05, 4.69) is 10.6 Å². The molecule has 0 bridgehead atoms. The van der Waals surface area contributed by atoms with Crippen molar-refractivity contribution in [2.75, 3.05) is 33.2 Å². The number of carbonyl (C=O) groups is 3. The topological polar surface area (TPSA) is 111 Å². The van der Waals surface area contributed by atoms with Crippen molar-refractivity contribution in [1.82, 2.24) is 20.4 Å². The summed E-state index contributed by atoms with van der Waals surface area (Å²) >= 11 is 0. The fourth-order valence-corrected chi connectivity index (χ4v) is 3.71. The minimum absolute atomic E-state index is 0.209. The molecular formula is C19H26N4O5. The number of likely N-dealkylation sites (N-methyl/N-ethyl adjacent to an activating group) is 1. The van der Waals surface area contributed by atoms with Gasteiger partial charge in [-0.25, -0.2) is 4.79 Å². The van der Waals surface area contributed by atoms with Crippen molar-refractivity contribution in [2.45, 2.75) is 31.2 Å². The quantitative estimate of drug-likeness (QED) is 0.584. The van der Waals surface area contributed by atoms with E-state index in [9.17, 15) is 19.5 Å². The highest BCUT2D eigenvalue weighted by atomic mass is 16.5. The summed E-state index contributed by atoms with van der Waals surface area (Å²) in [6, 6.07) is 8.33. The molecule has 9 heteroatoms. The third kappa shape index (κ3) is 3.95. The molecule has 152 valence electrons. The maximum atomic E-state index is 13.3. The van der Waals surface area contributed by atoms with E-state index in [4.69, 9.17) is 4.74 Å². The summed E-state index contributed by atoms with van der Waals surface area (Å²) in [7, 11) is 1.90. The van der Waals surface area contributed by atoms with Crippen molar-refractivity contribution in [3.05, 3.63) is 35.9 Å². The number of ether oxygens (including phenoxy) is 1. The van der Waals surface area contributed by atoms with E-state index in [1.165, 1.54) is 4.90 Å². The molecular weight excluding hydrogens is 364 g/mol. The molecule has 3 atom stereocenters. The van der Waals surface area contributed by atoms with E-state index in [0.29, 0.717) is 26.2 Å². The van der Waals surface area contributed by atoms with Crippen LogP contribution in [0.4, 0.5) is 4.79 Å². The zero-order valence-corrected chi connectivity index (χ0v) is 16.1. The molecule has 3 rings (SSSR count). The molecule has 0 aliphatic carbocycles. The van der Waals surface area contributed by atoms with Gasteiger partial charge in [-0.05, 0) is 19.5 Å². The summed E-state index contributed by atoms with van der Waals surface area (Å²) in [6.07, 6.45) is -2.02. The Morgan fingerprint density at radius 1 is 1.32 bits per heavy atom. The summed E-state index contributed by atoms with van der Waals surface area (Å²) in [5, 5.41) is 14.2. The molecule has 3 unspecified atom stereocenters. The Balaban J connectivity index is 1.75. The van der Waals surface area contributed by atoms with Crippen LogP contribution in [-0.4, -0.2) is 83.7 Å². The Kier molecular flexibility index (Phi) is 5.85. The minimum Gasteiger partial charge on any atom is -0.465 e. The highest BCUT2D eigenvalue weighted by Crippen LogP contribution is 2.28. The molecule has 2 heterocycles.